The van der Waals surface area contributed by atoms with Crippen molar-refractivity contribution in [2.24, 2.45) is 21.5 Å². The normalized spacial score (nSPS) is 11.6. The first-order chi connectivity index (χ1) is 16.3. The summed E-state index contributed by atoms with van der Waals surface area (Å²) in [5.41, 5.74) is 12.7. The van der Waals surface area contributed by atoms with Crippen LogP contribution in [-0.4, -0.2) is 36.9 Å². The van der Waals surface area contributed by atoms with Gasteiger partial charge in [-0.25, -0.2) is 9.98 Å². The Labute approximate surface area is 209 Å². The lowest BCUT2D eigenvalue weighted by molar-refractivity contribution is 0.619. The summed E-state index contributed by atoms with van der Waals surface area (Å²) >= 11 is 12.1. The molecule has 10 N–H and O–H groups in total. The van der Waals surface area contributed by atoms with Crippen LogP contribution in [0.5, 0.6) is 0 Å². The number of para-hydroxylation sites is 2. The van der Waals surface area contributed by atoms with Crippen molar-refractivity contribution in [3.05, 3.63) is 58.6 Å². The van der Waals surface area contributed by atoms with Crippen LogP contribution in [0.3, 0.4) is 0 Å². The molecule has 0 bridgehead atoms. The number of unbranched alkanes of at least 4 members (excludes halogenated alkanes) is 3. The molecule has 0 unspecified atom stereocenters. The SMILES string of the molecule is N=C(NCCCCCCNC(=N)NC(N)=Nc1ccccc1Cl)NC(N)=Nc1ccccc1Cl. The molecular weight excluding hydrogens is 475 g/mol. The maximum absolute atomic E-state index is 7.89. The van der Waals surface area contributed by atoms with Crippen molar-refractivity contribution in [3.63, 3.8) is 0 Å². The Hall–Kier alpha value is -3.50. The van der Waals surface area contributed by atoms with Gasteiger partial charge in [0.05, 0.1) is 21.4 Å². The minimum Gasteiger partial charge on any atom is -0.369 e. The average Bonchev–Trinajstić information content (AvgIpc) is 2.78. The minimum absolute atomic E-state index is 0.0746. The van der Waals surface area contributed by atoms with Crippen molar-refractivity contribution in [1.82, 2.24) is 21.3 Å². The number of nitrogens with one attached hydrogen (secondary N) is 6. The van der Waals surface area contributed by atoms with Crippen LogP contribution >= 0.6 is 23.2 Å². The molecule has 0 saturated carbocycles. The zero-order chi connectivity index (χ0) is 24.8. The fourth-order valence-electron chi connectivity index (χ4n) is 2.78. The maximum Gasteiger partial charge on any atom is 0.200 e. The molecule has 0 amide bonds. The van der Waals surface area contributed by atoms with Crippen LogP contribution in [0.15, 0.2) is 58.5 Å². The molecule has 0 aliphatic heterocycles. The van der Waals surface area contributed by atoms with Gasteiger partial charge in [0, 0.05) is 13.1 Å². The number of halogens is 2. The summed E-state index contributed by atoms with van der Waals surface area (Å²) in [6.07, 6.45) is 3.72. The molecular formula is C22H30Cl2N10. The number of nitrogens with zero attached hydrogens (tertiary/aromatic N) is 2. The van der Waals surface area contributed by atoms with Crippen LogP contribution in [0.1, 0.15) is 25.7 Å². The van der Waals surface area contributed by atoms with E-state index in [2.05, 4.69) is 31.3 Å². The number of benzene rings is 2. The first-order valence-corrected chi connectivity index (χ1v) is 11.5. The van der Waals surface area contributed by atoms with Gasteiger partial charge in [-0.15, -0.1) is 0 Å². The van der Waals surface area contributed by atoms with E-state index in [1.807, 2.05) is 12.1 Å². The summed E-state index contributed by atoms with van der Waals surface area (Å²) in [6.45, 7) is 1.26. The smallest absolute Gasteiger partial charge is 0.200 e. The zero-order valence-corrected chi connectivity index (χ0v) is 20.2. The summed E-state index contributed by atoms with van der Waals surface area (Å²) in [5, 5.41) is 28.0. The van der Waals surface area contributed by atoms with Gasteiger partial charge in [-0.2, -0.15) is 0 Å². The second kappa shape index (κ2) is 14.6. The van der Waals surface area contributed by atoms with E-state index < -0.39 is 0 Å². The number of guanidine groups is 4. The Morgan fingerprint density at radius 2 is 1.06 bits per heavy atom. The third kappa shape index (κ3) is 10.4. The van der Waals surface area contributed by atoms with Gasteiger partial charge in [0.15, 0.2) is 11.9 Å². The lowest BCUT2D eigenvalue weighted by atomic mass is 10.2. The van der Waals surface area contributed by atoms with Gasteiger partial charge in [0.1, 0.15) is 0 Å². The fraction of sp³-hybridized carbons (Fsp3) is 0.273. The highest BCUT2D eigenvalue weighted by atomic mass is 35.5. The van der Waals surface area contributed by atoms with E-state index in [0.717, 1.165) is 25.7 Å². The topological polar surface area (TPSA) is 173 Å². The van der Waals surface area contributed by atoms with E-state index >= 15 is 0 Å². The Balaban J connectivity index is 1.53. The summed E-state index contributed by atoms with van der Waals surface area (Å²) in [5.74, 6) is 0.326. The Morgan fingerprint density at radius 3 is 1.44 bits per heavy atom. The van der Waals surface area contributed by atoms with Crippen LogP contribution in [0.2, 0.25) is 10.0 Å². The van der Waals surface area contributed by atoms with Gasteiger partial charge in [-0.1, -0.05) is 60.3 Å². The van der Waals surface area contributed by atoms with Crippen LogP contribution in [0.25, 0.3) is 0 Å². The number of rotatable bonds is 9. The molecule has 2 aromatic rings. The van der Waals surface area contributed by atoms with Crippen molar-refractivity contribution in [1.29, 1.82) is 10.8 Å². The zero-order valence-electron chi connectivity index (χ0n) is 18.7. The Morgan fingerprint density at radius 1 is 0.676 bits per heavy atom. The number of aliphatic imine (C=N–C) groups is 2. The highest BCUT2D eigenvalue weighted by Gasteiger charge is 2.03. The van der Waals surface area contributed by atoms with E-state index in [-0.39, 0.29) is 23.8 Å². The molecule has 10 nitrogen and oxygen atoms in total. The number of hydrogen-bond acceptors (Lipinski definition) is 4. The second-order valence-electron chi connectivity index (χ2n) is 7.16. The fourth-order valence-corrected chi connectivity index (χ4v) is 3.13. The molecule has 34 heavy (non-hydrogen) atoms. The lowest BCUT2D eigenvalue weighted by Gasteiger charge is -2.11. The van der Waals surface area contributed by atoms with Crippen LogP contribution < -0.4 is 32.7 Å². The Bertz CT molecular complexity index is 941. The van der Waals surface area contributed by atoms with E-state index in [1.54, 1.807) is 36.4 Å². The van der Waals surface area contributed by atoms with Gasteiger partial charge >= 0.3 is 0 Å². The monoisotopic (exact) mass is 504 g/mol. The summed E-state index contributed by atoms with van der Waals surface area (Å²) < 4.78 is 0. The van der Waals surface area contributed by atoms with E-state index in [0.29, 0.717) is 34.5 Å². The first-order valence-electron chi connectivity index (χ1n) is 10.7. The van der Waals surface area contributed by atoms with Crippen molar-refractivity contribution in [2.45, 2.75) is 25.7 Å². The second-order valence-corrected chi connectivity index (χ2v) is 7.98. The molecule has 182 valence electrons. The summed E-state index contributed by atoms with van der Waals surface area (Å²) in [6, 6.07) is 14.1. The maximum atomic E-state index is 7.89. The van der Waals surface area contributed by atoms with Crippen LogP contribution in [0, 0.1) is 10.8 Å². The largest absolute Gasteiger partial charge is 0.369 e. The molecule has 0 aliphatic rings. The van der Waals surface area contributed by atoms with Crippen LogP contribution in [-0.2, 0) is 0 Å². The molecule has 0 aromatic heterocycles. The summed E-state index contributed by atoms with van der Waals surface area (Å²) in [7, 11) is 0. The molecule has 0 aliphatic carbocycles. The predicted molar refractivity (Wildman–Crippen MR) is 142 cm³/mol. The average molecular weight is 505 g/mol. The third-order valence-electron chi connectivity index (χ3n) is 4.40. The van der Waals surface area contributed by atoms with E-state index in [9.17, 15) is 0 Å². The van der Waals surface area contributed by atoms with Gasteiger partial charge in [-0.05, 0) is 37.1 Å². The van der Waals surface area contributed by atoms with E-state index in [4.69, 9.17) is 45.5 Å². The van der Waals surface area contributed by atoms with Gasteiger partial charge in [0.2, 0.25) is 11.9 Å². The lowest BCUT2D eigenvalue weighted by Crippen LogP contribution is -2.44. The first kappa shape index (κ1) is 26.7. The Kier molecular flexibility index (Phi) is 11.5. The highest BCUT2D eigenvalue weighted by Crippen LogP contribution is 2.23. The molecule has 2 rings (SSSR count). The third-order valence-corrected chi connectivity index (χ3v) is 5.04. The van der Waals surface area contributed by atoms with E-state index in [1.165, 1.54) is 0 Å². The molecule has 0 radical (unpaired) electrons. The molecule has 2 aromatic carbocycles. The van der Waals surface area contributed by atoms with Crippen molar-refractivity contribution < 1.29 is 0 Å². The standard InChI is InChI=1S/C22H30Cl2N10/c23-15-9-3-5-11-17(15)31-21(27)33-19(25)29-13-7-1-2-8-14-30-20(26)34-22(28)32-18-12-6-4-10-16(18)24/h3-6,9-12H,1-2,7-8,13-14H2,(H5,25,27,29,31,33)(H5,26,28,30,32,34). The molecule has 0 spiro atoms. The number of hydrogen-bond donors (Lipinski definition) is 8. The molecule has 0 heterocycles. The quantitative estimate of drug-likeness (QED) is 0.147. The highest BCUT2D eigenvalue weighted by molar-refractivity contribution is 6.33. The van der Waals surface area contributed by atoms with Crippen molar-refractivity contribution in [3.8, 4) is 0 Å². The summed E-state index contributed by atoms with van der Waals surface area (Å²) in [4.78, 5) is 8.31. The molecule has 0 atom stereocenters. The minimum atomic E-state index is 0.0746. The van der Waals surface area contributed by atoms with Gasteiger partial charge in [-0.3, -0.25) is 21.5 Å². The van der Waals surface area contributed by atoms with Crippen molar-refractivity contribution in [2.75, 3.05) is 13.1 Å². The van der Waals surface area contributed by atoms with Gasteiger partial charge in [0.25, 0.3) is 0 Å². The van der Waals surface area contributed by atoms with Gasteiger partial charge < -0.3 is 22.1 Å². The molecule has 0 fully saturated rings. The number of nitrogens with two attached hydrogens (primary N) is 2. The molecule has 0 saturated heterocycles. The molecule has 12 heteroatoms. The van der Waals surface area contributed by atoms with Crippen molar-refractivity contribution >= 4 is 58.4 Å². The predicted octanol–water partition coefficient (Wildman–Crippen LogP) is 3.37. The van der Waals surface area contributed by atoms with Crippen LogP contribution in [0.4, 0.5) is 11.4 Å².